The number of aromatic nitrogens is 3. The number of ether oxygens (including phenoxy) is 3. The van der Waals surface area contributed by atoms with E-state index in [1.54, 1.807) is 26.5 Å². The lowest BCUT2D eigenvalue weighted by Crippen LogP contribution is -2.24. The fraction of sp³-hybridized carbons (Fsp3) is 0.318. The van der Waals surface area contributed by atoms with Gasteiger partial charge in [-0.05, 0) is 52.2 Å². The van der Waals surface area contributed by atoms with Crippen LogP contribution in [0, 0.1) is 5.92 Å². The van der Waals surface area contributed by atoms with Crippen LogP contribution in [0.4, 0.5) is 0 Å². The molecule has 0 N–H and O–H groups in total. The summed E-state index contributed by atoms with van der Waals surface area (Å²) in [6.07, 6.45) is 2.76. The SMILES string of the molecule is COc1ccc(Cn2nc(OC[C@H]3C[C@@H]3c3ccc(OC)cn3)cc(Br)c2=O)cc1. The minimum absolute atomic E-state index is 0.204. The first-order chi connectivity index (χ1) is 14.6. The summed E-state index contributed by atoms with van der Waals surface area (Å²) < 4.78 is 18.0. The monoisotopic (exact) mass is 471 g/mol. The molecule has 2 aromatic heterocycles. The molecule has 2 atom stereocenters. The summed E-state index contributed by atoms with van der Waals surface area (Å²) in [5, 5.41) is 4.38. The van der Waals surface area contributed by atoms with E-state index in [2.05, 4.69) is 26.0 Å². The predicted octanol–water partition coefficient (Wildman–Crippen LogP) is 3.65. The van der Waals surface area contributed by atoms with E-state index in [0.29, 0.717) is 35.3 Å². The van der Waals surface area contributed by atoms with Crippen molar-refractivity contribution in [3.63, 3.8) is 0 Å². The van der Waals surface area contributed by atoms with E-state index in [0.717, 1.165) is 29.2 Å². The van der Waals surface area contributed by atoms with Gasteiger partial charge in [-0.15, -0.1) is 5.10 Å². The van der Waals surface area contributed by atoms with E-state index >= 15 is 0 Å². The standard InChI is InChI=1S/C22H22BrN3O4/c1-28-16-5-3-14(4-6-16)12-26-22(27)19(23)10-21(25-26)30-13-15-9-18(15)20-8-7-17(29-2)11-24-20/h3-8,10-11,15,18H,9,12-13H2,1-2H3/t15-,18+/m1/s1. The van der Waals surface area contributed by atoms with Crippen LogP contribution in [0.25, 0.3) is 0 Å². The van der Waals surface area contributed by atoms with Crippen molar-refractivity contribution in [2.24, 2.45) is 5.92 Å². The third-order valence-electron chi connectivity index (χ3n) is 5.14. The van der Waals surface area contributed by atoms with Crippen LogP contribution in [0.1, 0.15) is 23.6 Å². The molecule has 3 aromatic rings. The van der Waals surface area contributed by atoms with Gasteiger partial charge in [0.25, 0.3) is 5.56 Å². The molecule has 1 aromatic carbocycles. The van der Waals surface area contributed by atoms with Crippen molar-refractivity contribution < 1.29 is 14.2 Å². The van der Waals surface area contributed by atoms with Crippen LogP contribution in [0.3, 0.4) is 0 Å². The second-order valence-electron chi connectivity index (χ2n) is 7.18. The van der Waals surface area contributed by atoms with Crippen molar-refractivity contribution in [2.45, 2.75) is 18.9 Å². The third kappa shape index (κ3) is 4.64. The van der Waals surface area contributed by atoms with Gasteiger partial charge in [-0.2, -0.15) is 0 Å². The molecule has 2 heterocycles. The Kier molecular flexibility index (Phi) is 6.03. The molecule has 0 unspecified atom stereocenters. The molecule has 156 valence electrons. The zero-order chi connectivity index (χ0) is 21.1. The maximum atomic E-state index is 12.4. The van der Waals surface area contributed by atoms with Crippen LogP contribution in [0.2, 0.25) is 0 Å². The number of methoxy groups -OCH3 is 2. The summed E-state index contributed by atoms with van der Waals surface area (Å²) in [6, 6.07) is 13.1. The first kappa shape index (κ1) is 20.4. The van der Waals surface area contributed by atoms with Crippen molar-refractivity contribution in [3.05, 3.63) is 74.7 Å². The lowest BCUT2D eigenvalue weighted by Gasteiger charge is -2.10. The predicted molar refractivity (Wildman–Crippen MR) is 115 cm³/mol. The second kappa shape index (κ2) is 8.87. The molecule has 8 heteroatoms. The Bertz CT molecular complexity index is 1070. The van der Waals surface area contributed by atoms with Crippen LogP contribution in [-0.2, 0) is 6.54 Å². The molecule has 7 nitrogen and oxygen atoms in total. The molecule has 1 aliphatic carbocycles. The Balaban J connectivity index is 1.40. The number of rotatable bonds is 8. The van der Waals surface area contributed by atoms with Gasteiger partial charge in [0, 0.05) is 23.6 Å². The highest BCUT2D eigenvalue weighted by atomic mass is 79.9. The third-order valence-corrected chi connectivity index (χ3v) is 5.71. The summed E-state index contributed by atoms with van der Waals surface area (Å²) in [6.45, 7) is 0.874. The van der Waals surface area contributed by atoms with E-state index in [9.17, 15) is 4.79 Å². The van der Waals surface area contributed by atoms with Crippen molar-refractivity contribution in [1.29, 1.82) is 0 Å². The summed E-state index contributed by atoms with van der Waals surface area (Å²) in [4.78, 5) is 16.9. The summed E-state index contributed by atoms with van der Waals surface area (Å²) >= 11 is 3.32. The highest BCUT2D eigenvalue weighted by molar-refractivity contribution is 9.10. The van der Waals surface area contributed by atoms with E-state index in [4.69, 9.17) is 14.2 Å². The second-order valence-corrected chi connectivity index (χ2v) is 8.03. The van der Waals surface area contributed by atoms with Crippen LogP contribution < -0.4 is 19.8 Å². The van der Waals surface area contributed by atoms with Gasteiger partial charge in [0.2, 0.25) is 5.88 Å². The zero-order valence-electron chi connectivity index (χ0n) is 16.7. The molecule has 0 spiro atoms. The molecular formula is C22H22BrN3O4. The Labute approximate surface area is 182 Å². The summed E-state index contributed by atoms with van der Waals surface area (Å²) in [5.41, 5.74) is 1.79. The Morgan fingerprint density at radius 2 is 1.83 bits per heavy atom. The van der Waals surface area contributed by atoms with E-state index in [-0.39, 0.29) is 5.56 Å². The van der Waals surface area contributed by atoms with E-state index in [1.807, 2.05) is 36.4 Å². The smallest absolute Gasteiger partial charge is 0.281 e. The average Bonchev–Trinajstić information content (AvgIpc) is 3.56. The minimum atomic E-state index is -0.204. The molecular weight excluding hydrogens is 450 g/mol. The van der Waals surface area contributed by atoms with E-state index in [1.165, 1.54) is 4.68 Å². The normalized spacial score (nSPS) is 17.4. The summed E-state index contributed by atoms with van der Waals surface area (Å²) in [7, 11) is 3.25. The molecule has 0 aliphatic heterocycles. The summed E-state index contributed by atoms with van der Waals surface area (Å²) in [5.74, 6) is 2.70. The molecule has 0 radical (unpaired) electrons. The topological polar surface area (TPSA) is 75.5 Å². The lowest BCUT2D eigenvalue weighted by molar-refractivity contribution is 0.276. The van der Waals surface area contributed by atoms with Gasteiger partial charge in [0.05, 0.1) is 38.0 Å². The van der Waals surface area contributed by atoms with Gasteiger partial charge in [0.15, 0.2) is 0 Å². The first-order valence-corrected chi connectivity index (χ1v) is 10.4. The van der Waals surface area contributed by atoms with Crippen LogP contribution in [-0.4, -0.2) is 35.6 Å². The van der Waals surface area contributed by atoms with Crippen LogP contribution in [0.15, 0.2) is 57.9 Å². The highest BCUT2D eigenvalue weighted by Gasteiger charge is 2.40. The molecule has 0 amide bonds. The number of pyridine rings is 1. The molecule has 1 fully saturated rings. The maximum Gasteiger partial charge on any atom is 0.281 e. The average molecular weight is 472 g/mol. The molecule has 4 rings (SSSR count). The van der Waals surface area contributed by atoms with Crippen molar-refractivity contribution in [3.8, 4) is 17.4 Å². The highest BCUT2D eigenvalue weighted by Crippen LogP contribution is 2.46. The first-order valence-electron chi connectivity index (χ1n) is 9.60. The molecule has 30 heavy (non-hydrogen) atoms. The van der Waals surface area contributed by atoms with Crippen molar-refractivity contribution in [1.82, 2.24) is 14.8 Å². The lowest BCUT2D eigenvalue weighted by atomic mass is 10.2. The van der Waals surface area contributed by atoms with Gasteiger partial charge in [-0.25, -0.2) is 4.68 Å². The number of hydrogen-bond acceptors (Lipinski definition) is 6. The van der Waals surface area contributed by atoms with Crippen LogP contribution >= 0.6 is 15.9 Å². The number of hydrogen-bond donors (Lipinski definition) is 0. The van der Waals surface area contributed by atoms with Crippen LogP contribution in [0.5, 0.6) is 17.4 Å². The van der Waals surface area contributed by atoms with Gasteiger partial charge < -0.3 is 14.2 Å². The Morgan fingerprint density at radius 1 is 1.10 bits per heavy atom. The van der Waals surface area contributed by atoms with E-state index < -0.39 is 0 Å². The van der Waals surface area contributed by atoms with Crippen molar-refractivity contribution >= 4 is 15.9 Å². The van der Waals surface area contributed by atoms with Gasteiger partial charge in [-0.3, -0.25) is 9.78 Å². The number of benzene rings is 1. The zero-order valence-corrected chi connectivity index (χ0v) is 18.3. The minimum Gasteiger partial charge on any atom is -0.497 e. The Hall–Kier alpha value is -2.87. The molecule has 0 bridgehead atoms. The quantitative estimate of drug-likeness (QED) is 0.499. The molecule has 1 aliphatic rings. The number of nitrogens with zero attached hydrogens (tertiary/aromatic N) is 3. The largest absolute Gasteiger partial charge is 0.497 e. The molecule has 1 saturated carbocycles. The van der Waals surface area contributed by atoms with Gasteiger partial charge in [0.1, 0.15) is 11.5 Å². The Morgan fingerprint density at radius 3 is 2.50 bits per heavy atom. The van der Waals surface area contributed by atoms with Gasteiger partial charge >= 0.3 is 0 Å². The maximum absolute atomic E-state index is 12.4. The number of halogens is 1. The fourth-order valence-electron chi connectivity index (χ4n) is 3.29. The van der Waals surface area contributed by atoms with Crippen molar-refractivity contribution in [2.75, 3.05) is 20.8 Å². The molecule has 0 saturated heterocycles. The fourth-order valence-corrected chi connectivity index (χ4v) is 3.69. The van der Waals surface area contributed by atoms with Gasteiger partial charge in [-0.1, -0.05) is 12.1 Å².